The summed E-state index contributed by atoms with van der Waals surface area (Å²) in [6.45, 7) is 31.1. The summed E-state index contributed by atoms with van der Waals surface area (Å²) in [5.74, 6) is 1.40. The molecule has 0 saturated heterocycles. The fourth-order valence-corrected chi connectivity index (χ4v) is 10.8. The fraction of sp³-hybridized carbons (Fsp3) is 0.800. The second-order valence-corrected chi connectivity index (χ2v) is 26.7. The third-order valence-electron chi connectivity index (χ3n) is 12.7. The first-order valence-electron chi connectivity index (χ1n) is 16.1. The summed E-state index contributed by atoms with van der Waals surface area (Å²) < 4.78 is 14.6. The number of rotatable bonds is 7. The molecule has 0 amide bonds. The van der Waals surface area contributed by atoms with E-state index in [1.54, 1.807) is 11.1 Å². The lowest BCUT2D eigenvalue weighted by Crippen LogP contribution is -2.58. The molecule has 4 rings (SSSR count). The van der Waals surface area contributed by atoms with Crippen LogP contribution in [0.2, 0.25) is 36.3 Å². The summed E-state index contributed by atoms with van der Waals surface area (Å²) in [6, 6.07) is 0. The molecule has 7 atom stereocenters. The van der Waals surface area contributed by atoms with E-state index >= 15 is 0 Å². The number of hydrogen-bond acceptors (Lipinski definition) is 3. The standard InChI is InChI=1S/C35H60O3Si2/c1-24(19-21-36)28-16-17-29-27-15-14-25-22-26(37-39(10,11)32(2,3)4)23-31(38-40(12,13)33(5,6)7)35(25,9)30(27)18-20-34(28,29)8/h14-16,21,24,26,29-31H,17-20,22-23H2,1-13H3/t24-,26+,29-,30-,31-,34+,35-/m0/s1. The van der Waals surface area contributed by atoms with Gasteiger partial charge in [0.25, 0.3) is 0 Å². The highest BCUT2D eigenvalue weighted by Crippen LogP contribution is 2.65. The monoisotopic (exact) mass is 584 g/mol. The number of carbonyl (C=O) groups is 1. The first kappa shape index (κ1) is 32.2. The van der Waals surface area contributed by atoms with Crippen molar-refractivity contribution in [1.29, 1.82) is 0 Å². The van der Waals surface area contributed by atoms with Crippen molar-refractivity contribution in [1.82, 2.24) is 0 Å². The van der Waals surface area contributed by atoms with Crippen LogP contribution in [0, 0.1) is 28.6 Å². The van der Waals surface area contributed by atoms with Gasteiger partial charge in [0.15, 0.2) is 16.6 Å². The van der Waals surface area contributed by atoms with Crippen molar-refractivity contribution < 1.29 is 13.6 Å². The Morgan fingerprint density at radius 2 is 1.57 bits per heavy atom. The Kier molecular flexibility index (Phi) is 8.40. The number of hydrogen-bond donors (Lipinski definition) is 0. The van der Waals surface area contributed by atoms with Crippen molar-refractivity contribution in [3.63, 3.8) is 0 Å². The Morgan fingerprint density at radius 3 is 2.15 bits per heavy atom. The first-order chi connectivity index (χ1) is 18.2. The lowest BCUT2D eigenvalue weighted by molar-refractivity contribution is -0.108. The molecule has 0 unspecified atom stereocenters. The highest BCUT2D eigenvalue weighted by molar-refractivity contribution is 6.74. The van der Waals surface area contributed by atoms with Crippen LogP contribution in [0.15, 0.2) is 34.9 Å². The Labute approximate surface area is 248 Å². The van der Waals surface area contributed by atoms with Crippen LogP contribution in [-0.2, 0) is 13.6 Å². The molecule has 0 aromatic rings. The Bertz CT molecular complexity index is 1080. The molecule has 0 spiro atoms. The zero-order valence-electron chi connectivity index (χ0n) is 28.2. The quantitative estimate of drug-likeness (QED) is 0.170. The topological polar surface area (TPSA) is 35.5 Å². The van der Waals surface area contributed by atoms with E-state index in [1.165, 1.54) is 18.4 Å². The second kappa shape index (κ2) is 10.5. The molecule has 0 aromatic heterocycles. The number of allylic oxidation sites excluding steroid dienone is 5. The predicted octanol–water partition coefficient (Wildman–Crippen LogP) is 10.0. The van der Waals surface area contributed by atoms with E-state index in [0.717, 1.165) is 25.5 Å². The molecule has 4 aliphatic rings. The van der Waals surface area contributed by atoms with Crippen molar-refractivity contribution in [3.05, 3.63) is 34.9 Å². The SMILES string of the molecule is C[C@@H](CC=O)C1=CC[C@H]2C3=CC=C4C[C@@H](O[Si](C)(C)C(C)(C)C)C[C@H](O[Si](C)(C)C(C)(C)C)[C@]4(C)[C@H]3CC[C@]12C. The molecule has 4 aliphatic carbocycles. The maximum atomic E-state index is 11.4. The lowest BCUT2D eigenvalue weighted by Gasteiger charge is -2.59. The van der Waals surface area contributed by atoms with Crippen LogP contribution in [0.1, 0.15) is 101 Å². The minimum absolute atomic E-state index is 0.00535. The van der Waals surface area contributed by atoms with E-state index in [4.69, 9.17) is 8.85 Å². The smallest absolute Gasteiger partial charge is 0.192 e. The van der Waals surface area contributed by atoms with Gasteiger partial charge < -0.3 is 13.6 Å². The van der Waals surface area contributed by atoms with E-state index in [0.29, 0.717) is 24.2 Å². The van der Waals surface area contributed by atoms with Gasteiger partial charge in [0.1, 0.15) is 6.29 Å². The van der Waals surface area contributed by atoms with Gasteiger partial charge in [-0.3, -0.25) is 0 Å². The van der Waals surface area contributed by atoms with Crippen LogP contribution in [0.25, 0.3) is 0 Å². The van der Waals surface area contributed by atoms with Crippen molar-refractivity contribution in [2.75, 3.05) is 0 Å². The van der Waals surface area contributed by atoms with Gasteiger partial charge in [-0.2, -0.15) is 0 Å². The Morgan fingerprint density at radius 1 is 0.975 bits per heavy atom. The molecule has 0 radical (unpaired) electrons. The highest BCUT2D eigenvalue weighted by atomic mass is 28.4. The lowest BCUT2D eigenvalue weighted by atomic mass is 9.49. The van der Waals surface area contributed by atoms with Crippen molar-refractivity contribution in [2.45, 2.75) is 149 Å². The number of fused-ring (bicyclic) bond motifs is 5. The maximum Gasteiger partial charge on any atom is 0.192 e. The molecular formula is C35H60O3Si2. The molecule has 0 N–H and O–H groups in total. The van der Waals surface area contributed by atoms with Crippen molar-refractivity contribution in [3.8, 4) is 0 Å². The van der Waals surface area contributed by atoms with Crippen molar-refractivity contribution in [2.24, 2.45) is 28.6 Å². The predicted molar refractivity (Wildman–Crippen MR) is 175 cm³/mol. The van der Waals surface area contributed by atoms with Crippen LogP contribution in [0.3, 0.4) is 0 Å². The normalized spacial score (nSPS) is 35.6. The van der Waals surface area contributed by atoms with Gasteiger partial charge in [0.05, 0.1) is 12.2 Å². The minimum Gasteiger partial charge on any atom is -0.414 e. The summed E-state index contributed by atoms with van der Waals surface area (Å²) >= 11 is 0. The van der Waals surface area contributed by atoms with E-state index in [9.17, 15) is 4.79 Å². The van der Waals surface area contributed by atoms with E-state index in [1.807, 2.05) is 0 Å². The van der Waals surface area contributed by atoms with Gasteiger partial charge >= 0.3 is 0 Å². The summed E-state index contributed by atoms with van der Waals surface area (Å²) in [7, 11) is -3.91. The van der Waals surface area contributed by atoms with Crippen LogP contribution in [0.4, 0.5) is 0 Å². The Hall–Kier alpha value is -0.756. The largest absolute Gasteiger partial charge is 0.414 e. The molecule has 2 fully saturated rings. The molecule has 40 heavy (non-hydrogen) atoms. The van der Waals surface area contributed by atoms with Crippen LogP contribution >= 0.6 is 0 Å². The highest BCUT2D eigenvalue weighted by Gasteiger charge is 2.59. The van der Waals surface area contributed by atoms with Gasteiger partial charge in [-0.15, -0.1) is 0 Å². The molecule has 226 valence electrons. The van der Waals surface area contributed by atoms with E-state index in [-0.39, 0.29) is 33.1 Å². The molecular weight excluding hydrogens is 525 g/mol. The summed E-state index contributed by atoms with van der Waals surface area (Å²) in [5.41, 5.74) is 4.92. The molecule has 2 saturated carbocycles. The molecule has 0 aromatic carbocycles. The minimum atomic E-state index is -2.01. The maximum absolute atomic E-state index is 11.4. The van der Waals surface area contributed by atoms with E-state index < -0.39 is 16.6 Å². The van der Waals surface area contributed by atoms with E-state index in [2.05, 4.69) is 107 Å². The first-order valence-corrected chi connectivity index (χ1v) is 21.9. The second-order valence-electron chi connectivity index (χ2n) is 17.2. The molecule has 0 heterocycles. The van der Waals surface area contributed by atoms with Gasteiger partial charge in [-0.05, 0) is 91.5 Å². The average molecular weight is 585 g/mol. The van der Waals surface area contributed by atoms with Crippen LogP contribution in [0.5, 0.6) is 0 Å². The molecule has 5 heteroatoms. The van der Waals surface area contributed by atoms with Crippen molar-refractivity contribution >= 4 is 22.9 Å². The van der Waals surface area contributed by atoms with Gasteiger partial charge in [-0.1, -0.05) is 97.3 Å². The Balaban J connectivity index is 1.73. The summed E-state index contributed by atoms with van der Waals surface area (Å²) in [5, 5.41) is 0.359. The summed E-state index contributed by atoms with van der Waals surface area (Å²) in [4.78, 5) is 11.4. The third-order valence-corrected chi connectivity index (χ3v) is 21.8. The van der Waals surface area contributed by atoms with Crippen LogP contribution in [-0.4, -0.2) is 35.1 Å². The average Bonchev–Trinajstić information content (AvgIpc) is 3.15. The fourth-order valence-electron chi connectivity index (χ4n) is 8.05. The van der Waals surface area contributed by atoms with Gasteiger partial charge in [-0.25, -0.2) is 0 Å². The van der Waals surface area contributed by atoms with Gasteiger partial charge in [0, 0.05) is 11.8 Å². The number of carbonyl (C=O) groups excluding carboxylic acids is 1. The third kappa shape index (κ3) is 5.28. The molecule has 3 nitrogen and oxygen atoms in total. The molecule has 0 aliphatic heterocycles. The summed E-state index contributed by atoms with van der Waals surface area (Å²) in [6.07, 6.45) is 15.2. The zero-order valence-corrected chi connectivity index (χ0v) is 30.2. The van der Waals surface area contributed by atoms with Gasteiger partial charge in [0.2, 0.25) is 0 Å². The molecule has 0 bridgehead atoms. The van der Waals surface area contributed by atoms with Crippen LogP contribution < -0.4 is 0 Å². The number of aldehydes is 1. The zero-order chi connectivity index (χ0) is 30.1.